The maximum atomic E-state index is 13.6. The summed E-state index contributed by atoms with van der Waals surface area (Å²) in [6, 6.07) is 9.54. The average molecular weight is 410 g/mol. The average Bonchev–Trinajstić information content (AvgIpc) is 2.60. The van der Waals surface area contributed by atoms with Crippen LogP contribution in [0.4, 0.5) is 8.78 Å². The molecule has 0 spiro atoms. The molecule has 0 N–H and O–H groups in total. The highest BCUT2D eigenvalue weighted by atomic mass is 79.9. The second kappa shape index (κ2) is 7.62. The fourth-order valence-corrected chi connectivity index (χ4v) is 3.13. The van der Waals surface area contributed by atoms with Crippen molar-refractivity contribution in [3.8, 4) is 0 Å². The maximum Gasteiger partial charge on any atom is 0.227 e. The number of halogens is 3. The van der Waals surface area contributed by atoms with E-state index in [0.717, 1.165) is 5.56 Å². The lowest BCUT2D eigenvalue weighted by Crippen LogP contribution is -2.43. The molecule has 1 fully saturated rings. The summed E-state index contributed by atoms with van der Waals surface area (Å²) in [5, 5.41) is 0. The Balaban J connectivity index is 1.68. The van der Waals surface area contributed by atoms with Gasteiger partial charge in [-0.05, 0) is 57.7 Å². The Morgan fingerprint density at radius 1 is 1.24 bits per heavy atom. The summed E-state index contributed by atoms with van der Waals surface area (Å²) in [4.78, 5) is 14.3. The molecule has 1 aliphatic rings. The van der Waals surface area contributed by atoms with E-state index in [4.69, 9.17) is 4.74 Å². The van der Waals surface area contributed by atoms with Gasteiger partial charge in [0.25, 0.3) is 0 Å². The third kappa shape index (κ3) is 4.25. The zero-order chi connectivity index (χ0) is 18.0. The van der Waals surface area contributed by atoms with Gasteiger partial charge in [-0.15, -0.1) is 0 Å². The van der Waals surface area contributed by atoms with E-state index in [0.29, 0.717) is 35.3 Å². The van der Waals surface area contributed by atoms with Crippen LogP contribution in [0.25, 0.3) is 0 Å². The molecule has 0 aromatic heterocycles. The first kappa shape index (κ1) is 18.0. The second-order valence-corrected chi connectivity index (χ2v) is 6.99. The molecule has 1 saturated heterocycles. The largest absolute Gasteiger partial charge is 0.370 e. The third-order valence-electron chi connectivity index (χ3n) is 4.31. The van der Waals surface area contributed by atoms with E-state index in [-0.39, 0.29) is 30.1 Å². The van der Waals surface area contributed by atoms with E-state index in [9.17, 15) is 13.6 Å². The molecule has 3 nitrogen and oxygen atoms in total. The summed E-state index contributed by atoms with van der Waals surface area (Å²) in [5.74, 6) is -0.717. The Hall–Kier alpha value is -1.79. The van der Waals surface area contributed by atoms with Crippen molar-refractivity contribution in [2.45, 2.75) is 19.4 Å². The fraction of sp³-hybridized carbons (Fsp3) is 0.316. The topological polar surface area (TPSA) is 29.5 Å². The number of carbonyl (C=O) groups is 1. The second-order valence-electron chi connectivity index (χ2n) is 6.13. The number of rotatable bonds is 3. The number of carbonyl (C=O) groups excluding carboxylic acids is 1. The minimum absolute atomic E-state index is 0.0751. The van der Waals surface area contributed by atoms with Gasteiger partial charge in [0.1, 0.15) is 17.7 Å². The van der Waals surface area contributed by atoms with Gasteiger partial charge in [-0.25, -0.2) is 8.78 Å². The monoisotopic (exact) mass is 409 g/mol. The van der Waals surface area contributed by atoms with Crippen LogP contribution < -0.4 is 0 Å². The number of ether oxygens (including phenoxy) is 1. The van der Waals surface area contributed by atoms with E-state index >= 15 is 0 Å². The molecule has 1 aliphatic heterocycles. The Morgan fingerprint density at radius 2 is 2.04 bits per heavy atom. The van der Waals surface area contributed by atoms with E-state index in [1.165, 1.54) is 12.1 Å². The number of hydrogen-bond donors (Lipinski definition) is 0. The normalized spacial score (nSPS) is 17.6. The van der Waals surface area contributed by atoms with E-state index in [1.807, 2.05) is 0 Å². The molecule has 132 valence electrons. The van der Waals surface area contributed by atoms with E-state index < -0.39 is 0 Å². The Morgan fingerprint density at radius 3 is 2.76 bits per heavy atom. The molecule has 0 radical (unpaired) electrons. The van der Waals surface area contributed by atoms with Crippen molar-refractivity contribution in [2.75, 3.05) is 19.7 Å². The molecule has 1 unspecified atom stereocenters. The van der Waals surface area contributed by atoms with Crippen LogP contribution in [0.3, 0.4) is 0 Å². The van der Waals surface area contributed by atoms with Crippen molar-refractivity contribution in [2.24, 2.45) is 0 Å². The highest BCUT2D eigenvalue weighted by molar-refractivity contribution is 9.10. The number of aryl methyl sites for hydroxylation is 1. The van der Waals surface area contributed by atoms with Crippen LogP contribution in [0.2, 0.25) is 0 Å². The lowest BCUT2D eigenvalue weighted by molar-refractivity contribution is -0.138. The summed E-state index contributed by atoms with van der Waals surface area (Å²) in [6.07, 6.45) is -0.141. The predicted octanol–water partition coefficient (Wildman–Crippen LogP) is 4.18. The molecule has 1 amide bonds. The predicted molar refractivity (Wildman–Crippen MR) is 94.2 cm³/mol. The number of morpholine rings is 1. The van der Waals surface area contributed by atoms with Crippen LogP contribution >= 0.6 is 15.9 Å². The van der Waals surface area contributed by atoms with Crippen LogP contribution in [0.15, 0.2) is 40.9 Å². The molecule has 1 atom stereocenters. The van der Waals surface area contributed by atoms with Crippen molar-refractivity contribution >= 4 is 21.8 Å². The molecular formula is C19H18BrF2NO2. The molecular weight excluding hydrogens is 392 g/mol. The zero-order valence-corrected chi connectivity index (χ0v) is 15.4. The smallest absolute Gasteiger partial charge is 0.227 e. The van der Waals surface area contributed by atoms with E-state index in [2.05, 4.69) is 15.9 Å². The first-order chi connectivity index (χ1) is 11.9. The SMILES string of the molecule is Cc1cc(C2CN(C(=O)Cc3ccc(Br)c(F)c3)CCO2)ccc1F. The van der Waals surface area contributed by atoms with Gasteiger partial charge in [-0.3, -0.25) is 4.79 Å². The molecule has 2 aromatic carbocycles. The van der Waals surface area contributed by atoms with Crippen molar-refractivity contribution < 1.29 is 18.3 Å². The van der Waals surface area contributed by atoms with Crippen LogP contribution in [-0.4, -0.2) is 30.5 Å². The zero-order valence-electron chi connectivity index (χ0n) is 13.8. The first-order valence-corrected chi connectivity index (χ1v) is 8.82. The molecule has 1 heterocycles. The number of hydrogen-bond acceptors (Lipinski definition) is 2. The first-order valence-electron chi connectivity index (χ1n) is 8.03. The Labute approximate surface area is 153 Å². The lowest BCUT2D eigenvalue weighted by Gasteiger charge is -2.33. The molecule has 0 bridgehead atoms. The molecule has 3 rings (SSSR count). The summed E-state index contributed by atoms with van der Waals surface area (Å²) in [7, 11) is 0. The minimum Gasteiger partial charge on any atom is -0.370 e. The fourth-order valence-electron chi connectivity index (χ4n) is 2.88. The highest BCUT2D eigenvalue weighted by Crippen LogP contribution is 2.25. The van der Waals surface area contributed by atoms with Crippen molar-refractivity contribution in [1.29, 1.82) is 0 Å². The van der Waals surface area contributed by atoms with Gasteiger partial charge in [-0.1, -0.05) is 18.2 Å². The third-order valence-corrected chi connectivity index (χ3v) is 4.96. The molecule has 0 saturated carbocycles. The minimum atomic E-state index is -0.382. The Bertz CT molecular complexity index is 797. The number of nitrogens with zero attached hydrogens (tertiary/aromatic N) is 1. The van der Waals surface area contributed by atoms with Gasteiger partial charge in [0.05, 0.1) is 24.0 Å². The van der Waals surface area contributed by atoms with Crippen molar-refractivity contribution in [1.82, 2.24) is 4.90 Å². The molecule has 6 heteroatoms. The molecule has 2 aromatic rings. The van der Waals surface area contributed by atoms with Crippen LogP contribution in [0, 0.1) is 18.6 Å². The summed E-state index contributed by atoms with van der Waals surface area (Å²) >= 11 is 3.10. The maximum absolute atomic E-state index is 13.6. The van der Waals surface area contributed by atoms with Crippen LogP contribution in [-0.2, 0) is 16.0 Å². The van der Waals surface area contributed by atoms with Gasteiger partial charge in [0.15, 0.2) is 0 Å². The standard InChI is InChI=1S/C19H18BrF2NO2/c1-12-8-14(3-5-16(12)21)18-11-23(6-7-25-18)19(24)10-13-2-4-15(20)17(22)9-13/h2-5,8-9,18H,6-7,10-11H2,1H3. The van der Waals surface area contributed by atoms with Gasteiger partial charge >= 0.3 is 0 Å². The van der Waals surface area contributed by atoms with Gasteiger partial charge in [-0.2, -0.15) is 0 Å². The van der Waals surface area contributed by atoms with E-state index in [1.54, 1.807) is 36.1 Å². The summed E-state index contributed by atoms with van der Waals surface area (Å²) in [5.41, 5.74) is 2.03. The summed E-state index contributed by atoms with van der Waals surface area (Å²) in [6.45, 7) is 3.02. The summed E-state index contributed by atoms with van der Waals surface area (Å²) < 4.78 is 33.2. The highest BCUT2D eigenvalue weighted by Gasteiger charge is 2.25. The quantitative estimate of drug-likeness (QED) is 0.760. The van der Waals surface area contributed by atoms with Crippen LogP contribution in [0.1, 0.15) is 22.8 Å². The number of benzene rings is 2. The Kier molecular flexibility index (Phi) is 5.49. The van der Waals surface area contributed by atoms with Crippen molar-refractivity contribution in [3.05, 3.63) is 69.2 Å². The van der Waals surface area contributed by atoms with Crippen molar-refractivity contribution in [3.63, 3.8) is 0 Å². The molecule has 25 heavy (non-hydrogen) atoms. The van der Waals surface area contributed by atoms with Gasteiger partial charge in [0.2, 0.25) is 5.91 Å². The number of amides is 1. The van der Waals surface area contributed by atoms with Gasteiger partial charge < -0.3 is 9.64 Å². The van der Waals surface area contributed by atoms with Crippen LogP contribution in [0.5, 0.6) is 0 Å². The lowest BCUT2D eigenvalue weighted by atomic mass is 10.0. The molecule has 0 aliphatic carbocycles. The van der Waals surface area contributed by atoms with Gasteiger partial charge in [0, 0.05) is 6.54 Å².